The third kappa shape index (κ3) is 5.25. The molecule has 0 unspecified atom stereocenters. The summed E-state index contributed by atoms with van der Waals surface area (Å²) in [6, 6.07) is 10.2. The predicted molar refractivity (Wildman–Crippen MR) is 88.7 cm³/mol. The second-order valence-electron chi connectivity index (χ2n) is 4.96. The Morgan fingerprint density at radius 3 is 2.80 bits per heavy atom. The summed E-state index contributed by atoms with van der Waals surface area (Å²) in [4.78, 5) is 2.29. The number of hydrogen-bond donors (Lipinski definition) is 1. The van der Waals surface area contributed by atoms with Crippen LogP contribution >= 0.6 is 22.9 Å². The van der Waals surface area contributed by atoms with Crippen LogP contribution in [0.25, 0.3) is 0 Å². The first-order valence-corrected chi connectivity index (χ1v) is 8.21. The fourth-order valence-electron chi connectivity index (χ4n) is 2.06. The Morgan fingerprint density at radius 1 is 1.20 bits per heavy atom. The number of hydrogen-bond acceptors (Lipinski definition) is 3. The molecule has 4 heteroatoms. The van der Waals surface area contributed by atoms with Gasteiger partial charge in [-0.05, 0) is 54.0 Å². The molecule has 0 aliphatic heterocycles. The minimum Gasteiger partial charge on any atom is -0.315 e. The van der Waals surface area contributed by atoms with Gasteiger partial charge in [-0.3, -0.25) is 0 Å². The van der Waals surface area contributed by atoms with Gasteiger partial charge >= 0.3 is 0 Å². The van der Waals surface area contributed by atoms with Crippen molar-refractivity contribution in [2.45, 2.75) is 13.0 Å². The second-order valence-corrected chi connectivity index (χ2v) is 6.15. The van der Waals surface area contributed by atoms with Crippen molar-refractivity contribution in [3.8, 4) is 0 Å². The van der Waals surface area contributed by atoms with Crippen molar-refractivity contribution >= 4 is 22.9 Å². The van der Waals surface area contributed by atoms with Crippen LogP contribution in [0.15, 0.2) is 41.1 Å². The van der Waals surface area contributed by atoms with E-state index in [-0.39, 0.29) is 0 Å². The molecule has 0 amide bonds. The lowest BCUT2D eigenvalue weighted by atomic mass is 10.2. The predicted octanol–water partition coefficient (Wildman–Crippen LogP) is 3.67. The van der Waals surface area contributed by atoms with E-state index in [1.54, 1.807) is 11.3 Å². The summed E-state index contributed by atoms with van der Waals surface area (Å²) < 4.78 is 0. The number of likely N-dealkylation sites (N-methyl/N-ethyl adjacent to an activating group) is 1. The third-order valence-corrected chi connectivity index (χ3v) is 4.34. The number of nitrogens with one attached hydrogen (secondary N) is 1. The standard InChI is InChI=1S/C16H21ClN2S/c1-19(12-15-4-2-3-5-16(15)17)10-9-18-8-6-14-7-11-20-13-14/h2-5,7,11,13,18H,6,8-10,12H2,1H3. The molecule has 2 nitrogen and oxygen atoms in total. The smallest absolute Gasteiger partial charge is 0.0451 e. The monoisotopic (exact) mass is 308 g/mol. The van der Waals surface area contributed by atoms with Crippen molar-refractivity contribution in [2.24, 2.45) is 0 Å². The molecule has 0 aliphatic rings. The van der Waals surface area contributed by atoms with E-state index < -0.39 is 0 Å². The van der Waals surface area contributed by atoms with Gasteiger partial charge in [0, 0.05) is 24.7 Å². The number of nitrogens with zero attached hydrogens (tertiary/aromatic N) is 1. The van der Waals surface area contributed by atoms with E-state index in [9.17, 15) is 0 Å². The van der Waals surface area contributed by atoms with E-state index in [2.05, 4.69) is 40.2 Å². The Balaban J connectivity index is 1.60. The zero-order chi connectivity index (χ0) is 14.2. The highest BCUT2D eigenvalue weighted by Crippen LogP contribution is 2.16. The Morgan fingerprint density at radius 2 is 2.05 bits per heavy atom. The zero-order valence-electron chi connectivity index (χ0n) is 11.8. The molecule has 1 aromatic heterocycles. The van der Waals surface area contributed by atoms with Gasteiger partial charge in [0.05, 0.1) is 0 Å². The van der Waals surface area contributed by atoms with Gasteiger partial charge in [-0.25, -0.2) is 0 Å². The van der Waals surface area contributed by atoms with Gasteiger partial charge in [-0.1, -0.05) is 29.8 Å². The van der Waals surface area contributed by atoms with Crippen LogP contribution in [-0.4, -0.2) is 31.6 Å². The first-order chi connectivity index (χ1) is 9.75. The summed E-state index contributed by atoms with van der Waals surface area (Å²) in [6.07, 6.45) is 1.11. The van der Waals surface area contributed by atoms with Gasteiger partial charge < -0.3 is 10.2 Å². The zero-order valence-corrected chi connectivity index (χ0v) is 13.4. The maximum Gasteiger partial charge on any atom is 0.0451 e. The number of halogens is 1. The molecule has 0 saturated carbocycles. The molecular weight excluding hydrogens is 288 g/mol. The molecule has 20 heavy (non-hydrogen) atoms. The van der Waals surface area contributed by atoms with Gasteiger partial charge in [0.15, 0.2) is 0 Å². The van der Waals surface area contributed by atoms with E-state index in [1.165, 1.54) is 11.1 Å². The van der Waals surface area contributed by atoms with Crippen molar-refractivity contribution < 1.29 is 0 Å². The number of thiophene rings is 1. The quantitative estimate of drug-likeness (QED) is 0.749. The van der Waals surface area contributed by atoms with Crippen LogP contribution in [0.3, 0.4) is 0 Å². The van der Waals surface area contributed by atoms with Gasteiger partial charge in [-0.15, -0.1) is 0 Å². The number of rotatable bonds is 8. The molecule has 2 rings (SSSR count). The molecule has 0 aliphatic carbocycles. The van der Waals surface area contributed by atoms with Crippen molar-refractivity contribution in [3.05, 3.63) is 57.2 Å². The normalized spacial score (nSPS) is 11.2. The Bertz CT molecular complexity index is 499. The van der Waals surface area contributed by atoms with Gasteiger partial charge in [0.2, 0.25) is 0 Å². The van der Waals surface area contributed by atoms with Crippen LogP contribution in [0.4, 0.5) is 0 Å². The molecule has 1 N–H and O–H groups in total. The largest absolute Gasteiger partial charge is 0.315 e. The highest BCUT2D eigenvalue weighted by molar-refractivity contribution is 7.07. The maximum absolute atomic E-state index is 6.17. The topological polar surface area (TPSA) is 15.3 Å². The fourth-order valence-corrected chi connectivity index (χ4v) is 2.96. The van der Waals surface area contributed by atoms with E-state index in [1.807, 2.05) is 18.2 Å². The number of benzene rings is 1. The van der Waals surface area contributed by atoms with Crippen LogP contribution < -0.4 is 5.32 Å². The fraction of sp³-hybridized carbons (Fsp3) is 0.375. The summed E-state index contributed by atoms with van der Waals surface area (Å²) in [7, 11) is 2.13. The van der Waals surface area contributed by atoms with Crippen LogP contribution in [0, 0.1) is 0 Å². The average molecular weight is 309 g/mol. The first-order valence-electron chi connectivity index (χ1n) is 6.89. The molecule has 0 spiro atoms. The third-order valence-electron chi connectivity index (χ3n) is 3.24. The Labute approximate surface area is 130 Å². The molecule has 0 bridgehead atoms. The summed E-state index contributed by atoms with van der Waals surface area (Å²) in [5.41, 5.74) is 2.61. The van der Waals surface area contributed by atoms with Crippen LogP contribution in [0.2, 0.25) is 5.02 Å². The lowest BCUT2D eigenvalue weighted by Crippen LogP contribution is -2.30. The van der Waals surface area contributed by atoms with Crippen molar-refractivity contribution in [2.75, 3.05) is 26.7 Å². The molecule has 0 saturated heterocycles. The van der Waals surface area contributed by atoms with Crippen LogP contribution in [0.1, 0.15) is 11.1 Å². The van der Waals surface area contributed by atoms with Crippen molar-refractivity contribution in [1.82, 2.24) is 10.2 Å². The molecule has 0 radical (unpaired) electrons. The van der Waals surface area contributed by atoms with Gasteiger partial charge in [0.1, 0.15) is 0 Å². The van der Waals surface area contributed by atoms with Gasteiger partial charge in [0.25, 0.3) is 0 Å². The van der Waals surface area contributed by atoms with Crippen LogP contribution in [0.5, 0.6) is 0 Å². The summed E-state index contributed by atoms with van der Waals surface area (Å²) in [5, 5.41) is 8.68. The van der Waals surface area contributed by atoms with E-state index in [0.29, 0.717) is 0 Å². The molecule has 108 valence electrons. The Kier molecular flexibility index (Phi) is 6.54. The molecule has 2 aromatic rings. The van der Waals surface area contributed by atoms with Crippen molar-refractivity contribution in [3.63, 3.8) is 0 Å². The lowest BCUT2D eigenvalue weighted by molar-refractivity contribution is 0.325. The van der Waals surface area contributed by atoms with E-state index >= 15 is 0 Å². The molecule has 0 fully saturated rings. The summed E-state index contributed by atoms with van der Waals surface area (Å²) in [5.74, 6) is 0. The average Bonchev–Trinajstić information content (AvgIpc) is 2.94. The molecule has 1 heterocycles. The molecule has 0 atom stereocenters. The summed E-state index contributed by atoms with van der Waals surface area (Å²) >= 11 is 7.93. The second kappa shape index (κ2) is 8.42. The lowest BCUT2D eigenvalue weighted by Gasteiger charge is -2.17. The molecular formula is C16H21ClN2S. The highest BCUT2D eigenvalue weighted by atomic mass is 35.5. The SMILES string of the molecule is CN(CCNCCc1ccsc1)Cc1ccccc1Cl. The molecule has 1 aromatic carbocycles. The first kappa shape index (κ1) is 15.5. The van der Waals surface area contributed by atoms with Crippen LogP contribution in [-0.2, 0) is 13.0 Å². The van der Waals surface area contributed by atoms with E-state index in [4.69, 9.17) is 11.6 Å². The Hall–Kier alpha value is -0.870. The van der Waals surface area contributed by atoms with Gasteiger partial charge in [-0.2, -0.15) is 11.3 Å². The highest BCUT2D eigenvalue weighted by Gasteiger charge is 2.03. The minimum atomic E-state index is 0.852. The minimum absolute atomic E-state index is 0.852. The van der Waals surface area contributed by atoms with Crippen molar-refractivity contribution in [1.29, 1.82) is 0 Å². The summed E-state index contributed by atoms with van der Waals surface area (Å²) in [6.45, 7) is 3.96. The van der Waals surface area contributed by atoms with E-state index in [0.717, 1.165) is 37.6 Å². The maximum atomic E-state index is 6.17.